The van der Waals surface area contributed by atoms with Gasteiger partial charge in [0.25, 0.3) is 5.91 Å². The van der Waals surface area contributed by atoms with Gasteiger partial charge in [-0.2, -0.15) is 5.10 Å². The third kappa shape index (κ3) is 2.58. The number of nitrogens with one attached hydrogen (secondary N) is 2. The van der Waals surface area contributed by atoms with Crippen LogP contribution in [0.25, 0.3) is 0 Å². The molecule has 0 saturated heterocycles. The molecule has 0 unspecified atom stereocenters. The minimum atomic E-state index is -0.0247. The van der Waals surface area contributed by atoms with E-state index >= 15 is 0 Å². The van der Waals surface area contributed by atoms with Crippen molar-refractivity contribution >= 4 is 5.91 Å². The van der Waals surface area contributed by atoms with Crippen LogP contribution < -0.4 is 5.32 Å². The SMILES string of the molecule is C[C@H]1CC[C@@H](CNC(=O)c2cn[nH]c2)C1. The molecule has 1 amide bonds. The van der Waals surface area contributed by atoms with Crippen molar-refractivity contribution in [3.05, 3.63) is 18.0 Å². The van der Waals surface area contributed by atoms with Crippen molar-refractivity contribution in [1.82, 2.24) is 15.5 Å². The van der Waals surface area contributed by atoms with E-state index in [4.69, 9.17) is 0 Å². The van der Waals surface area contributed by atoms with Gasteiger partial charge >= 0.3 is 0 Å². The minimum Gasteiger partial charge on any atom is -0.352 e. The lowest BCUT2D eigenvalue weighted by atomic mass is 10.1. The number of hydrogen-bond donors (Lipinski definition) is 2. The van der Waals surface area contributed by atoms with Crippen LogP contribution in [0.4, 0.5) is 0 Å². The molecule has 1 heterocycles. The normalized spacial score (nSPS) is 25.4. The molecule has 2 N–H and O–H groups in total. The Morgan fingerprint density at radius 3 is 3.13 bits per heavy atom. The number of rotatable bonds is 3. The summed E-state index contributed by atoms with van der Waals surface area (Å²) in [6, 6.07) is 0. The maximum Gasteiger partial charge on any atom is 0.254 e. The first kappa shape index (κ1) is 10.2. The molecule has 1 aliphatic carbocycles. The van der Waals surface area contributed by atoms with Crippen molar-refractivity contribution in [1.29, 1.82) is 0 Å². The fourth-order valence-corrected chi connectivity index (χ4v) is 2.22. The van der Waals surface area contributed by atoms with Gasteiger partial charge in [-0.1, -0.05) is 13.3 Å². The van der Waals surface area contributed by atoms with E-state index in [1.807, 2.05) is 0 Å². The fraction of sp³-hybridized carbons (Fsp3) is 0.636. The molecule has 4 nitrogen and oxygen atoms in total. The summed E-state index contributed by atoms with van der Waals surface area (Å²) in [5.74, 6) is 1.46. The third-order valence-electron chi connectivity index (χ3n) is 3.12. The molecule has 1 saturated carbocycles. The van der Waals surface area contributed by atoms with Crippen molar-refractivity contribution in [3.8, 4) is 0 Å². The quantitative estimate of drug-likeness (QED) is 0.790. The average molecular weight is 207 g/mol. The Hall–Kier alpha value is -1.32. The molecule has 82 valence electrons. The number of carbonyl (C=O) groups excluding carboxylic acids is 1. The Balaban J connectivity index is 1.76. The van der Waals surface area contributed by atoms with Gasteiger partial charge in [-0.05, 0) is 24.7 Å². The predicted molar refractivity (Wildman–Crippen MR) is 57.4 cm³/mol. The van der Waals surface area contributed by atoms with Crippen LogP contribution in [-0.2, 0) is 0 Å². The monoisotopic (exact) mass is 207 g/mol. The molecule has 2 rings (SSSR count). The van der Waals surface area contributed by atoms with E-state index in [-0.39, 0.29) is 5.91 Å². The summed E-state index contributed by atoms with van der Waals surface area (Å²) in [5, 5.41) is 9.33. The highest BCUT2D eigenvalue weighted by Gasteiger charge is 2.21. The molecule has 0 aromatic carbocycles. The van der Waals surface area contributed by atoms with Gasteiger partial charge in [0.05, 0.1) is 11.8 Å². The smallest absolute Gasteiger partial charge is 0.254 e. The molecular weight excluding hydrogens is 190 g/mol. The fourth-order valence-electron chi connectivity index (χ4n) is 2.22. The van der Waals surface area contributed by atoms with Gasteiger partial charge in [-0.3, -0.25) is 9.89 Å². The zero-order valence-electron chi connectivity index (χ0n) is 8.99. The average Bonchev–Trinajstić information content (AvgIpc) is 2.84. The molecule has 1 fully saturated rings. The number of carbonyl (C=O) groups is 1. The van der Waals surface area contributed by atoms with E-state index in [1.165, 1.54) is 19.3 Å². The van der Waals surface area contributed by atoms with Crippen LogP contribution >= 0.6 is 0 Å². The van der Waals surface area contributed by atoms with Crippen LogP contribution in [0, 0.1) is 11.8 Å². The Labute approximate surface area is 89.5 Å². The van der Waals surface area contributed by atoms with Gasteiger partial charge in [0.1, 0.15) is 0 Å². The van der Waals surface area contributed by atoms with Crippen LogP contribution in [0.3, 0.4) is 0 Å². The maximum atomic E-state index is 11.6. The standard InChI is InChI=1S/C11H17N3O/c1-8-2-3-9(4-8)5-12-11(15)10-6-13-14-7-10/h6-9H,2-5H2,1H3,(H,12,15)(H,13,14)/t8-,9+/m0/s1. The second-order valence-electron chi connectivity index (χ2n) is 4.48. The first-order chi connectivity index (χ1) is 7.25. The number of H-pyrrole nitrogens is 1. The molecule has 1 aliphatic rings. The largest absolute Gasteiger partial charge is 0.352 e. The summed E-state index contributed by atoms with van der Waals surface area (Å²) in [6.07, 6.45) is 6.95. The Morgan fingerprint density at radius 1 is 1.67 bits per heavy atom. The first-order valence-corrected chi connectivity index (χ1v) is 5.52. The Morgan fingerprint density at radius 2 is 2.53 bits per heavy atom. The molecule has 1 aromatic heterocycles. The summed E-state index contributed by atoms with van der Waals surface area (Å²) >= 11 is 0. The topological polar surface area (TPSA) is 57.8 Å². The van der Waals surface area contributed by atoms with Crippen molar-refractivity contribution < 1.29 is 4.79 Å². The summed E-state index contributed by atoms with van der Waals surface area (Å²) in [6.45, 7) is 3.08. The van der Waals surface area contributed by atoms with Gasteiger partial charge in [-0.15, -0.1) is 0 Å². The summed E-state index contributed by atoms with van der Waals surface area (Å²) in [5.41, 5.74) is 0.612. The highest BCUT2D eigenvalue weighted by Crippen LogP contribution is 2.29. The molecule has 0 spiro atoms. The lowest BCUT2D eigenvalue weighted by molar-refractivity contribution is 0.0947. The molecule has 0 radical (unpaired) electrons. The first-order valence-electron chi connectivity index (χ1n) is 5.52. The van der Waals surface area contributed by atoms with E-state index in [1.54, 1.807) is 12.4 Å². The van der Waals surface area contributed by atoms with Gasteiger partial charge < -0.3 is 5.32 Å². The van der Waals surface area contributed by atoms with Crippen LogP contribution in [0.15, 0.2) is 12.4 Å². The van der Waals surface area contributed by atoms with Crippen molar-refractivity contribution in [2.24, 2.45) is 11.8 Å². The van der Waals surface area contributed by atoms with Crippen molar-refractivity contribution in [2.75, 3.05) is 6.54 Å². The second kappa shape index (κ2) is 4.47. The van der Waals surface area contributed by atoms with E-state index in [9.17, 15) is 4.79 Å². The lowest BCUT2D eigenvalue weighted by Gasteiger charge is -2.10. The predicted octanol–water partition coefficient (Wildman–Crippen LogP) is 1.58. The second-order valence-corrected chi connectivity index (χ2v) is 4.48. The van der Waals surface area contributed by atoms with Crippen molar-refractivity contribution in [2.45, 2.75) is 26.2 Å². The van der Waals surface area contributed by atoms with Crippen LogP contribution in [0.2, 0.25) is 0 Å². The highest BCUT2D eigenvalue weighted by molar-refractivity contribution is 5.93. The zero-order valence-corrected chi connectivity index (χ0v) is 8.99. The molecule has 0 bridgehead atoms. The van der Waals surface area contributed by atoms with E-state index < -0.39 is 0 Å². The molecule has 2 atom stereocenters. The zero-order chi connectivity index (χ0) is 10.7. The van der Waals surface area contributed by atoms with Crippen molar-refractivity contribution in [3.63, 3.8) is 0 Å². The van der Waals surface area contributed by atoms with Gasteiger partial charge in [0.2, 0.25) is 0 Å². The van der Waals surface area contributed by atoms with Gasteiger partial charge in [-0.25, -0.2) is 0 Å². The van der Waals surface area contributed by atoms with Gasteiger partial charge in [0.15, 0.2) is 0 Å². The summed E-state index contributed by atoms with van der Waals surface area (Å²) < 4.78 is 0. The molecule has 15 heavy (non-hydrogen) atoms. The van der Waals surface area contributed by atoms with E-state index in [2.05, 4.69) is 22.4 Å². The number of aromatic amines is 1. The number of amides is 1. The Bertz CT molecular complexity index is 321. The number of nitrogens with zero attached hydrogens (tertiary/aromatic N) is 1. The molecule has 4 heteroatoms. The molecule has 1 aromatic rings. The van der Waals surface area contributed by atoms with Crippen LogP contribution in [0.1, 0.15) is 36.5 Å². The lowest BCUT2D eigenvalue weighted by Crippen LogP contribution is -2.28. The van der Waals surface area contributed by atoms with Gasteiger partial charge in [0, 0.05) is 12.7 Å². The minimum absolute atomic E-state index is 0.0247. The molecular formula is C11H17N3O. The Kier molecular flexibility index (Phi) is 3.04. The van der Waals surface area contributed by atoms with E-state index in [0.29, 0.717) is 11.5 Å². The summed E-state index contributed by atoms with van der Waals surface area (Å²) in [4.78, 5) is 11.6. The maximum absolute atomic E-state index is 11.6. The summed E-state index contributed by atoms with van der Waals surface area (Å²) in [7, 11) is 0. The molecule has 0 aliphatic heterocycles. The number of hydrogen-bond acceptors (Lipinski definition) is 2. The third-order valence-corrected chi connectivity index (χ3v) is 3.12. The van der Waals surface area contributed by atoms with Crippen LogP contribution in [0.5, 0.6) is 0 Å². The highest BCUT2D eigenvalue weighted by atomic mass is 16.1. The van der Waals surface area contributed by atoms with E-state index in [0.717, 1.165) is 12.5 Å². The number of aromatic nitrogens is 2. The van der Waals surface area contributed by atoms with Crippen LogP contribution in [-0.4, -0.2) is 22.6 Å².